The Kier molecular flexibility index (Phi) is 5.06. The topological polar surface area (TPSA) is 184 Å². The minimum absolute atomic E-state index is 0.0174. The van der Waals surface area contributed by atoms with Crippen LogP contribution in [0.5, 0.6) is 5.75 Å². The summed E-state index contributed by atoms with van der Waals surface area (Å²) < 4.78 is 5.84. The fourth-order valence-electron chi connectivity index (χ4n) is 5.96. The van der Waals surface area contributed by atoms with E-state index in [0.717, 1.165) is 6.42 Å². The zero-order valence-electron chi connectivity index (χ0n) is 18.9. The first-order chi connectivity index (χ1) is 16.5. The van der Waals surface area contributed by atoms with Crippen molar-refractivity contribution < 1.29 is 44.3 Å². The van der Waals surface area contributed by atoms with Gasteiger partial charge in [0.15, 0.2) is 11.4 Å². The van der Waals surface area contributed by atoms with E-state index in [1.807, 2.05) is 0 Å². The number of benzene rings is 1. The van der Waals surface area contributed by atoms with E-state index in [1.54, 1.807) is 19.1 Å². The molecule has 184 valence electrons. The van der Waals surface area contributed by atoms with E-state index in [2.05, 4.69) is 0 Å². The molecular weight excluding hydrogens is 458 g/mol. The van der Waals surface area contributed by atoms with Crippen molar-refractivity contribution in [2.75, 3.05) is 0 Å². The number of ketones is 2. The minimum Gasteiger partial charge on any atom is -0.508 e. The second-order valence-electron chi connectivity index (χ2n) is 9.76. The molecule has 4 aliphatic rings. The van der Waals surface area contributed by atoms with Crippen molar-refractivity contribution in [1.29, 1.82) is 0 Å². The first-order valence-electron chi connectivity index (χ1n) is 11.5. The minimum atomic E-state index is -2.84. The number of amides is 1. The molecule has 2 fully saturated rings. The molecule has 0 radical (unpaired) electrons. The molecule has 1 amide bonds. The van der Waals surface area contributed by atoms with Gasteiger partial charge in [0.1, 0.15) is 28.9 Å². The Balaban J connectivity index is 1.75. The highest BCUT2D eigenvalue weighted by atomic mass is 16.5. The molecular formula is C25H25NO9. The second kappa shape index (κ2) is 7.67. The summed E-state index contributed by atoms with van der Waals surface area (Å²) in [6, 6.07) is 4.54. The molecule has 0 aromatic heterocycles. The molecule has 10 heteroatoms. The number of Topliss-reactive ketones (excluding diaryl/α,β-unsaturated/α-hetero) is 2. The maximum atomic E-state index is 13.8. The summed E-state index contributed by atoms with van der Waals surface area (Å²) in [5.41, 5.74) is 1.59. The van der Waals surface area contributed by atoms with Gasteiger partial charge in [0, 0.05) is 23.8 Å². The molecule has 10 nitrogen and oxygen atoms in total. The van der Waals surface area contributed by atoms with Crippen LogP contribution in [0, 0.1) is 17.8 Å². The van der Waals surface area contributed by atoms with Gasteiger partial charge in [-0.3, -0.25) is 19.2 Å². The molecule has 5 atom stereocenters. The number of ether oxygens (including phenoxy) is 1. The number of esters is 1. The number of hydrogen-bond donors (Lipinski definition) is 5. The van der Waals surface area contributed by atoms with Crippen LogP contribution in [0.25, 0.3) is 5.76 Å². The van der Waals surface area contributed by atoms with Gasteiger partial charge in [-0.05, 0) is 30.4 Å². The summed E-state index contributed by atoms with van der Waals surface area (Å²) in [6.45, 7) is 1.71. The Morgan fingerprint density at radius 3 is 2.43 bits per heavy atom. The fraction of sp³-hybridized carbons (Fsp3) is 0.440. The van der Waals surface area contributed by atoms with Crippen LogP contribution in [0.2, 0.25) is 0 Å². The first kappa shape index (κ1) is 23.1. The van der Waals surface area contributed by atoms with Gasteiger partial charge in [0.05, 0.1) is 11.5 Å². The number of hydrogen-bond acceptors (Lipinski definition) is 9. The second-order valence-corrected chi connectivity index (χ2v) is 9.76. The first-order valence-corrected chi connectivity index (χ1v) is 11.5. The van der Waals surface area contributed by atoms with Gasteiger partial charge in [-0.15, -0.1) is 0 Å². The van der Waals surface area contributed by atoms with Crippen LogP contribution in [-0.2, 0) is 23.9 Å². The lowest BCUT2D eigenvalue weighted by Gasteiger charge is -2.51. The quantitative estimate of drug-likeness (QED) is 0.312. The Hall–Kier alpha value is -3.66. The molecule has 0 spiro atoms. The highest BCUT2D eigenvalue weighted by molar-refractivity contribution is 6.23. The Bertz CT molecular complexity index is 1260. The van der Waals surface area contributed by atoms with Crippen LogP contribution in [0.1, 0.15) is 49.7 Å². The van der Waals surface area contributed by atoms with Gasteiger partial charge in [-0.25, -0.2) is 0 Å². The van der Waals surface area contributed by atoms with Crippen LogP contribution >= 0.6 is 0 Å². The average molecular weight is 483 g/mol. The van der Waals surface area contributed by atoms with Crippen LogP contribution in [-0.4, -0.2) is 55.6 Å². The molecule has 4 aliphatic carbocycles. The highest BCUT2D eigenvalue weighted by Crippen LogP contribution is 2.56. The monoisotopic (exact) mass is 483 g/mol. The third-order valence-corrected chi connectivity index (χ3v) is 8.03. The highest BCUT2D eigenvalue weighted by Gasteiger charge is 2.66. The zero-order chi connectivity index (χ0) is 25.4. The SMILES string of the molecule is CC1c2cccc(O)c2C(O)=C2C(=O)C3(O)C(O)=C(C(N)=O)C(=O)CC3C(OC(=O)C3CCC3)C21. The lowest BCUT2D eigenvalue weighted by atomic mass is 9.55. The number of aliphatic hydroxyl groups is 3. The van der Waals surface area contributed by atoms with E-state index in [0.29, 0.717) is 18.4 Å². The third kappa shape index (κ3) is 2.99. The van der Waals surface area contributed by atoms with Crippen molar-refractivity contribution in [3.63, 3.8) is 0 Å². The van der Waals surface area contributed by atoms with E-state index in [1.165, 1.54) is 6.07 Å². The van der Waals surface area contributed by atoms with Crippen molar-refractivity contribution in [3.8, 4) is 5.75 Å². The number of aromatic hydroxyl groups is 1. The van der Waals surface area contributed by atoms with Crippen molar-refractivity contribution in [2.45, 2.75) is 50.2 Å². The van der Waals surface area contributed by atoms with Gasteiger partial charge in [0.2, 0.25) is 5.78 Å². The van der Waals surface area contributed by atoms with Gasteiger partial charge >= 0.3 is 5.97 Å². The predicted molar refractivity (Wildman–Crippen MR) is 119 cm³/mol. The predicted octanol–water partition coefficient (Wildman–Crippen LogP) is 1.31. The molecule has 0 aliphatic heterocycles. The van der Waals surface area contributed by atoms with E-state index >= 15 is 0 Å². The van der Waals surface area contributed by atoms with Crippen LogP contribution in [0.3, 0.4) is 0 Å². The number of fused-ring (bicyclic) bond motifs is 3. The molecule has 0 saturated heterocycles. The molecule has 1 aromatic carbocycles. The number of phenols is 1. The molecule has 0 bridgehead atoms. The Morgan fingerprint density at radius 1 is 1.14 bits per heavy atom. The molecule has 2 saturated carbocycles. The normalized spacial score (nSPS) is 32.4. The number of carbonyl (C=O) groups is 4. The van der Waals surface area contributed by atoms with Crippen LogP contribution < -0.4 is 5.73 Å². The fourth-order valence-corrected chi connectivity index (χ4v) is 5.96. The zero-order valence-corrected chi connectivity index (χ0v) is 18.9. The summed E-state index contributed by atoms with van der Waals surface area (Å²) >= 11 is 0. The van der Waals surface area contributed by atoms with E-state index in [9.17, 15) is 39.6 Å². The lowest BCUT2D eigenvalue weighted by molar-refractivity contribution is -0.183. The molecule has 35 heavy (non-hydrogen) atoms. The number of nitrogens with two attached hydrogens (primary N) is 1. The maximum Gasteiger partial charge on any atom is 0.309 e. The van der Waals surface area contributed by atoms with Crippen molar-refractivity contribution >= 4 is 29.2 Å². The van der Waals surface area contributed by atoms with Crippen LogP contribution in [0.15, 0.2) is 35.1 Å². The van der Waals surface area contributed by atoms with E-state index in [4.69, 9.17) is 10.5 Å². The van der Waals surface area contributed by atoms with Gasteiger partial charge < -0.3 is 30.9 Å². The summed E-state index contributed by atoms with van der Waals surface area (Å²) in [4.78, 5) is 51.3. The molecule has 0 heterocycles. The van der Waals surface area contributed by atoms with Gasteiger partial charge in [-0.2, -0.15) is 0 Å². The summed E-state index contributed by atoms with van der Waals surface area (Å²) in [6.07, 6.45) is 0.185. The number of aliphatic hydroxyl groups excluding tert-OH is 2. The van der Waals surface area contributed by atoms with Gasteiger partial charge in [-0.1, -0.05) is 25.5 Å². The summed E-state index contributed by atoms with van der Waals surface area (Å²) in [7, 11) is 0. The average Bonchev–Trinajstić information content (AvgIpc) is 2.74. The van der Waals surface area contributed by atoms with Crippen molar-refractivity contribution in [2.24, 2.45) is 23.5 Å². The number of carbonyl (C=O) groups excluding carboxylic acids is 4. The summed E-state index contributed by atoms with van der Waals surface area (Å²) in [5.74, 6) is -9.46. The van der Waals surface area contributed by atoms with E-state index in [-0.39, 0.29) is 22.8 Å². The number of rotatable bonds is 3. The van der Waals surface area contributed by atoms with Crippen molar-refractivity contribution in [1.82, 2.24) is 0 Å². The van der Waals surface area contributed by atoms with Gasteiger partial charge in [0.25, 0.3) is 5.91 Å². The largest absolute Gasteiger partial charge is 0.508 e. The van der Waals surface area contributed by atoms with Crippen LogP contribution in [0.4, 0.5) is 0 Å². The van der Waals surface area contributed by atoms with Crippen molar-refractivity contribution in [3.05, 3.63) is 46.2 Å². The molecule has 1 aromatic rings. The smallest absolute Gasteiger partial charge is 0.309 e. The standard InChI is InChI=1S/C25H25NO9/c1-9-11-6-3-7-13(27)16(11)19(29)18-15(9)20(35-24(33)10-4-2-5-10)12-8-14(28)17(23(26)32)21(30)25(12,34)22(18)31/h3,6-7,9-10,12,15,20,27,29-30,34H,2,4-5,8H2,1H3,(H2,26,32). The Labute approximate surface area is 199 Å². The molecule has 5 rings (SSSR count). The number of phenolic OH excluding ortho intramolecular Hbond substituents is 1. The lowest BCUT2D eigenvalue weighted by Crippen LogP contribution is -2.64. The third-order valence-electron chi connectivity index (χ3n) is 8.03. The Morgan fingerprint density at radius 2 is 1.83 bits per heavy atom. The molecule has 5 unspecified atom stereocenters. The maximum absolute atomic E-state index is 13.8. The van der Waals surface area contributed by atoms with E-state index < -0.39 is 76.4 Å². The molecule has 6 N–H and O–H groups in total. The number of primary amides is 1. The summed E-state index contributed by atoms with van der Waals surface area (Å²) in [5, 5.41) is 44.0.